The highest BCUT2D eigenvalue weighted by Gasteiger charge is 2.33. The highest BCUT2D eigenvalue weighted by molar-refractivity contribution is 5.83. The molecule has 1 N–H and O–H groups in total. The van der Waals surface area contributed by atoms with Crippen molar-refractivity contribution in [3.8, 4) is 0 Å². The van der Waals surface area contributed by atoms with Crippen LogP contribution in [0.4, 0.5) is 13.2 Å². The molecule has 1 aromatic heterocycles. The number of fused-ring (bicyclic) bond motifs is 1. The Kier molecular flexibility index (Phi) is 3.72. The predicted molar refractivity (Wildman–Crippen MR) is 83.6 cm³/mol. The molecule has 0 bridgehead atoms. The summed E-state index contributed by atoms with van der Waals surface area (Å²) in [5, 5.41) is 0.0155. The molecule has 0 saturated heterocycles. The maximum atomic E-state index is 13.1. The minimum absolute atomic E-state index is 0.0155. The maximum absolute atomic E-state index is 13.1. The fraction of sp³-hybridized carbons (Fsp3) is 0.167. The summed E-state index contributed by atoms with van der Waals surface area (Å²) in [5.41, 5.74) is 1.45. The molecule has 0 aliphatic heterocycles. The van der Waals surface area contributed by atoms with E-state index in [4.69, 9.17) is 0 Å². The zero-order valence-electron chi connectivity index (χ0n) is 12.4. The van der Waals surface area contributed by atoms with Crippen LogP contribution in [0.5, 0.6) is 0 Å². The van der Waals surface area contributed by atoms with E-state index in [1.165, 1.54) is 12.1 Å². The monoisotopic (exact) mass is 317 g/mol. The van der Waals surface area contributed by atoms with Crippen molar-refractivity contribution in [3.63, 3.8) is 0 Å². The van der Waals surface area contributed by atoms with Crippen LogP contribution in [0.25, 0.3) is 10.9 Å². The number of pyridine rings is 1. The number of hydrogen-bond acceptors (Lipinski definition) is 1. The number of nitrogens with one attached hydrogen (secondary N) is 1. The molecule has 0 atom stereocenters. The fourth-order valence-electron chi connectivity index (χ4n) is 2.59. The van der Waals surface area contributed by atoms with Crippen LogP contribution in [-0.4, -0.2) is 4.98 Å². The van der Waals surface area contributed by atoms with Crippen molar-refractivity contribution in [2.45, 2.75) is 19.5 Å². The molecule has 3 rings (SSSR count). The standard InChI is InChI=1S/C18H14F3NO/c1-11-2-4-12(5-3-11)8-13-6-7-16-14(9-13)15(18(19,20)21)10-17(23)22-16/h2-7,9-10H,8H2,1H3,(H,22,23). The summed E-state index contributed by atoms with van der Waals surface area (Å²) in [4.78, 5) is 13.8. The predicted octanol–water partition coefficient (Wildman–Crippen LogP) is 4.45. The second-order valence-corrected chi connectivity index (χ2v) is 5.59. The number of aryl methyl sites for hydroxylation is 1. The van der Waals surface area contributed by atoms with Gasteiger partial charge in [-0.1, -0.05) is 35.9 Å². The zero-order chi connectivity index (χ0) is 16.6. The molecule has 5 heteroatoms. The van der Waals surface area contributed by atoms with Crippen molar-refractivity contribution >= 4 is 10.9 Å². The SMILES string of the molecule is Cc1ccc(Cc2ccc3[nH]c(=O)cc(C(F)(F)F)c3c2)cc1. The number of rotatable bonds is 2. The summed E-state index contributed by atoms with van der Waals surface area (Å²) in [6, 6.07) is 13.2. The minimum atomic E-state index is -4.56. The highest BCUT2D eigenvalue weighted by atomic mass is 19.4. The van der Waals surface area contributed by atoms with Gasteiger partial charge < -0.3 is 4.98 Å². The van der Waals surface area contributed by atoms with Gasteiger partial charge in [0.15, 0.2) is 0 Å². The van der Waals surface area contributed by atoms with Crippen LogP contribution in [0.15, 0.2) is 53.3 Å². The van der Waals surface area contributed by atoms with E-state index in [-0.39, 0.29) is 10.9 Å². The summed E-state index contributed by atoms with van der Waals surface area (Å²) in [7, 11) is 0. The van der Waals surface area contributed by atoms with Crippen LogP contribution in [0, 0.1) is 6.92 Å². The van der Waals surface area contributed by atoms with E-state index in [0.29, 0.717) is 12.5 Å². The average Bonchev–Trinajstić information content (AvgIpc) is 2.48. The lowest BCUT2D eigenvalue weighted by atomic mass is 10.00. The summed E-state index contributed by atoms with van der Waals surface area (Å²) in [5.74, 6) is 0. The lowest BCUT2D eigenvalue weighted by molar-refractivity contribution is -0.136. The molecular weight excluding hydrogens is 303 g/mol. The van der Waals surface area contributed by atoms with E-state index in [1.807, 2.05) is 31.2 Å². The molecule has 0 aliphatic carbocycles. The van der Waals surface area contributed by atoms with E-state index in [0.717, 1.165) is 16.7 Å². The smallest absolute Gasteiger partial charge is 0.322 e. The molecule has 0 fully saturated rings. The Balaban J connectivity index is 2.09. The van der Waals surface area contributed by atoms with Crippen LogP contribution < -0.4 is 5.56 Å². The molecule has 0 spiro atoms. The van der Waals surface area contributed by atoms with Gasteiger partial charge in [0.1, 0.15) is 0 Å². The van der Waals surface area contributed by atoms with E-state index >= 15 is 0 Å². The molecule has 0 radical (unpaired) electrons. The van der Waals surface area contributed by atoms with Crippen LogP contribution in [0.3, 0.4) is 0 Å². The number of benzene rings is 2. The molecule has 1 heterocycles. The number of halogens is 3. The molecule has 0 aliphatic rings. The lowest BCUT2D eigenvalue weighted by Gasteiger charge is -2.11. The summed E-state index contributed by atoms with van der Waals surface area (Å²) >= 11 is 0. The third kappa shape index (κ3) is 3.28. The van der Waals surface area contributed by atoms with E-state index in [1.54, 1.807) is 6.07 Å². The van der Waals surface area contributed by atoms with Crippen LogP contribution in [0.2, 0.25) is 0 Å². The summed E-state index contributed by atoms with van der Waals surface area (Å²) < 4.78 is 39.4. The van der Waals surface area contributed by atoms with Crippen molar-refractivity contribution in [3.05, 3.63) is 81.1 Å². The lowest BCUT2D eigenvalue weighted by Crippen LogP contribution is -2.14. The molecule has 0 amide bonds. The number of alkyl halides is 3. The minimum Gasteiger partial charge on any atom is -0.322 e. The van der Waals surface area contributed by atoms with Gasteiger partial charge in [-0.15, -0.1) is 0 Å². The van der Waals surface area contributed by atoms with Crippen molar-refractivity contribution in [2.24, 2.45) is 0 Å². The molecule has 0 unspecified atom stereocenters. The van der Waals surface area contributed by atoms with Gasteiger partial charge >= 0.3 is 6.18 Å². The van der Waals surface area contributed by atoms with Crippen molar-refractivity contribution in [1.29, 1.82) is 0 Å². The first kappa shape index (κ1) is 15.3. The van der Waals surface area contributed by atoms with Crippen LogP contribution in [0.1, 0.15) is 22.3 Å². The number of hydrogen-bond donors (Lipinski definition) is 1. The Bertz CT molecular complexity index is 908. The average molecular weight is 317 g/mol. The molecular formula is C18H14F3NO. The van der Waals surface area contributed by atoms with Crippen LogP contribution >= 0.6 is 0 Å². The zero-order valence-corrected chi connectivity index (χ0v) is 12.4. The molecule has 2 nitrogen and oxygen atoms in total. The molecule has 2 aromatic carbocycles. The Morgan fingerprint density at radius 2 is 1.61 bits per heavy atom. The molecule has 118 valence electrons. The topological polar surface area (TPSA) is 32.9 Å². The molecule has 23 heavy (non-hydrogen) atoms. The van der Waals surface area contributed by atoms with Crippen molar-refractivity contribution < 1.29 is 13.2 Å². The third-order valence-electron chi connectivity index (χ3n) is 3.74. The Morgan fingerprint density at radius 1 is 0.957 bits per heavy atom. The number of aromatic amines is 1. The van der Waals surface area contributed by atoms with E-state index in [9.17, 15) is 18.0 Å². The van der Waals surface area contributed by atoms with E-state index in [2.05, 4.69) is 4.98 Å². The van der Waals surface area contributed by atoms with Crippen LogP contribution in [-0.2, 0) is 12.6 Å². The Labute approximate surface area is 130 Å². The summed E-state index contributed by atoms with van der Waals surface area (Å²) in [6.45, 7) is 1.98. The fourth-order valence-corrected chi connectivity index (χ4v) is 2.59. The number of H-pyrrole nitrogens is 1. The van der Waals surface area contributed by atoms with Crippen molar-refractivity contribution in [2.75, 3.05) is 0 Å². The second-order valence-electron chi connectivity index (χ2n) is 5.59. The van der Waals surface area contributed by atoms with Gasteiger partial charge in [-0.2, -0.15) is 13.2 Å². The third-order valence-corrected chi connectivity index (χ3v) is 3.74. The number of aromatic nitrogens is 1. The largest absolute Gasteiger partial charge is 0.417 e. The first-order valence-electron chi connectivity index (χ1n) is 7.11. The first-order valence-corrected chi connectivity index (χ1v) is 7.11. The molecule has 3 aromatic rings. The van der Waals surface area contributed by atoms with Gasteiger partial charge in [0.25, 0.3) is 0 Å². The van der Waals surface area contributed by atoms with Gasteiger partial charge in [-0.05, 0) is 36.6 Å². The van der Waals surface area contributed by atoms with Crippen molar-refractivity contribution in [1.82, 2.24) is 4.98 Å². The van der Waals surface area contributed by atoms with Gasteiger partial charge in [0.05, 0.1) is 5.56 Å². The Hall–Kier alpha value is -2.56. The normalized spacial score (nSPS) is 11.8. The highest BCUT2D eigenvalue weighted by Crippen LogP contribution is 2.33. The Morgan fingerprint density at radius 3 is 2.26 bits per heavy atom. The van der Waals surface area contributed by atoms with Gasteiger partial charge in [0.2, 0.25) is 5.56 Å². The van der Waals surface area contributed by atoms with Gasteiger partial charge in [-0.3, -0.25) is 4.79 Å². The maximum Gasteiger partial charge on any atom is 0.417 e. The molecule has 0 saturated carbocycles. The summed E-state index contributed by atoms with van der Waals surface area (Å²) in [6.07, 6.45) is -4.03. The van der Waals surface area contributed by atoms with Gasteiger partial charge in [0, 0.05) is 17.0 Å². The second kappa shape index (κ2) is 5.57. The first-order chi connectivity index (χ1) is 10.8. The van der Waals surface area contributed by atoms with E-state index < -0.39 is 17.3 Å². The quantitative estimate of drug-likeness (QED) is 0.744. The van der Waals surface area contributed by atoms with Gasteiger partial charge in [-0.25, -0.2) is 0 Å².